The van der Waals surface area contributed by atoms with Crippen LogP contribution in [0.5, 0.6) is 0 Å². The molecule has 55 heavy (non-hydrogen) atoms. The Labute approximate surface area is 324 Å². The lowest BCUT2D eigenvalue weighted by molar-refractivity contribution is 1.28. The second-order valence-corrected chi connectivity index (χ2v) is 14.6. The van der Waals surface area contributed by atoms with Gasteiger partial charge in [-0.3, -0.25) is 0 Å². The summed E-state index contributed by atoms with van der Waals surface area (Å²) in [6.07, 6.45) is 0. The minimum Gasteiger partial charge on any atom is -0.310 e. The van der Waals surface area contributed by atoms with Gasteiger partial charge in [0.15, 0.2) is 0 Å². The summed E-state index contributed by atoms with van der Waals surface area (Å²) in [6, 6.07) is 75.5. The lowest BCUT2D eigenvalue weighted by Gasteiger charge is -2.26. The van der Waals surface area contributed by atoms with Gasteiger partial charge < -0.3 is 9.80 Å². The summed E-state index contributed by atoms with van der Waals surface area (Å²) in [6.45, 7) is 0. The molecule has 0 aliphatic heterocycles. The highest BCUT2D eigenvalue weighted by Crippen LogP contribution is 2.44. The first-order valence-electron chi connectivity index (χ1n) is 18.5. The Balaban J connectivity index is 1.09. The number of fused-ring (bicyclic) bond motifs is 6. The highest BCUT2D eigenvalue weighted by molar-refractivity contribution is 7.22. The van der Waals surface area contributed by atoms with E-state index >= 15 is 0 Å². The molecule has 9 aromatic carbocycles. The molecule has 3 nitrogen and oxygen atoms in total. The van der Waals surface area contributed by atoms with Crippen molar-refractivity contribution in [3.8, 4) is 21.7 Å². The van der Waals surface area contributed by atoms with Crippen LogP contribution in [0.4, 0.5) is 34.1 Å². The van der Waals surface area contributed by atoms with Crippen LogP contribution in [0.15, 0.2) is 212 Å². The van der Waals surface area contributed by atoms with Crippen LogP contribution < -0.4 is 9.80 Å². The predicted molar refractivity (Wildman–Crippen MR) is 235 cm³/mol. The molecule has 0 spiro atoms. The number of benzene rings is 9. The number of thiazole rings is 1. The maximum absolute atomic E-state index is 5.43. The fourth-order valence-electron chi connectivity index (χ4n) is 7.66. The third-order valence-corrected chi connectivity index (χ3v) is 11.4. The number of rotatable bonds is 8. The molecule has 0 aliphatic carbocycles. The molecule has 0 N–H and O–H groups in total. The van der Waals surface area contributed by atoms with Gasteiger partial charge >= 0.3 is 0 Å². The van der Waals surface area contributed by atoms with Crippen molar-refractivity contribution in [1.29, 1.82) is 0 Å². The van der Waals surface area contributed by atoms with Crippen molar-refractivity contribution in [1.82, 2.24) is 4.98 Å². The zero-order valence-electron chi connectivity index (χ0n) is 30.0. The van der Waals surface area contributed by atoms with E-state index in [1.54, 1.807) is 11.3 Å². The Hall–Kier alpha value is -7.01. The van der Waals surface area contributed by atoms with Crippen molar-refractivity contribution in [3.63, 3.8) is 0 Å². The summed E-state index contributed by atoms with van der Waals surface area (Å²) in [4.78, 5) is 10.1. The molecule has 0 amide bonds. The van der Waals surface area contributed by atoms with Gasteiger partial charge in [-0.2, -0.15) is 0 Å². The molecule has 0 unspecified atom stereocenters. The van der Waals surface area contributed by atoms with E-state index in [0.29, 0.717) is 0 Å². The smallest absolute Gasteiger partial charge is 0.124 e. The molecule has 0 bridgehead atoms. The Bertz CT molecular complexity index is 2870. The average molecular weight is 722 g/mol. The third kappa shape index (κ3) is 6.09. The number of anilines is 6. The summed E-state index contributed by atoms with van der Waals surface area (Å²) in [5.74, 6) is 0. The molecule has 1 heterocycles. The number of para-hydroxylation sites is 3. The van der Waals surface area contributed by atoms with Crippen molar-refractivity contribution >= 4 is 77.2 Å². The van der Waals surface area contributed by atoms with Gasteiger partial charge in [-0.25, -0.2) is 4.98 Å². The Morgan fingerprint density at radius 2 is 0.764 bits per heavy atom. The summed E-state index contributed by atoms with van der Waals surface area (Å²) in [5.41, 5.74) is 11.1. The third-order valence-electron chi connectivity index (χ3n) is 10.2. The van der Waals surface area contributed by atoms with Crippen molar-refractivity contribution in [2.24, 2.45) is 0 Å². The zero-order chi connectivity index (χ0) is 36.6. The zero-order valence-corrected chi connectivity index (χ0v) is 30.8. The highest BCUT2D eigenvalue weighted by atomic mass is 32.1. The SMILES string of the molecule is c1ccc(-c2ccc(N(c3ccccc3)c3cccc(-c4nc5c6ccc(N(c7ccccc7)c7ccccc7)cc6c6ccccc6c5s4)c3)cc2)cc1. The molecule has 0 aliphatic rings. The maximum Gasteiger partial charge on any atom is 0.124 e. The monoisotopic (exact) mass is 721 g/mol. The fourth-order valence-corrected chi connectivity index (χ4v) is 8.78. The molecule has 4 heteroatoms. The number of hydrogen-bond donors (Lipinski definition) is 0. The molecule has 10 aromatic rings. The highest BCUT2D eigenvalue weighted by Gasteiger charge is 2.19. The first-order chi connectivity index (χ1) is 27.3. The van der Waals surface area contributed by atoms with Crippen LogP contribution in [0.2, 0.25) is 0 Å². The first-order valence-corrected chi connectivity index (χ1v) is 19.4. The lowest BCUT2D eigenvalue weighted by atomic mass is 9.99. The maximum atomic E-state index is 5.43. The van der Waals surface area contributed by atoms with Crippen molar-refractivity contribution in [3.05, 3.63) is 212 Å². The second-order valence-electron chi connectivity index (χ2n) is 13.6. The topological polar surface area (TPSA) is 19.4 Å². The number of hydrogen-bond acceptors (Lipinski definition) is 4. The van der Waals surface area contributed by atoms with Gasteiger partial charge in [-0.15, -0.1) is 11.3 Å². The summed E-state index contributed by atoms with van der Waals surface area (Å²) in [5, 5.41) is 5.79. The van der Waals surface area contributed by atoms with Crippen LogP contribution in [0, 0.1) is 0 Å². The van der Waals surface area contributed by atoms with E-state index in [2.05, 4.69) is 222 Å². The Morgan fingerprint density at radius 1 is 0.309 bits per heavy atom. The second kappa shape index (κ2) is 14.1. The quantitative estimate of drug-likeness (QED) is 0.146. The molecule has 0 fully saturated rings. The van der Waals surface area contributed by atoms with E-state index in [1.165, 1.54) is 32.0 Å². The molecule has 0 atom stereocenters. The van der Waals surface area contributed by atoms with Crippen LogP contribution in [-0.2, 0) is 0 Å². The average Bonchev–Trinajstić information content (AvgIpc) is 3.72. The summed E-state index contributed by atoms with van der Waals surface area (Å²) in [7, 11) is 0. The van der Waals surface area contributed by atoms with E-state index in [9.17, 15) is 0 Å². The van der Waals surface area contributed by atoms with Crippen molar-refractivity contribution in [2.75, 3.05) is 9.80 Å². The number of nitrogens with zero attached hydrogens (tertiary/aromatic N) is 3. The van der Waals surface area contributed by atoms with Crippen LogP contribution in [0.25, 0.3) is 53.5 Å². The Morgan fingerprint density at radius 3 is 1.38 bits per heavy atom. The standard InChI is InChI=1S/C51H35N3S/c1-5-16-36(17-6-1)37-28-30-42(31-29-37)54(41-23-11-4-12-24-41)43-25-15-18-38(34-43)51-52-49-46-33-32-44(35-48(46)45-26-13-14-27-47(45)50(49)55-51)53(39-19-7-2-8-20-39)40-21-9-3-10-22-40/h1-35H. The summed E-state index contributed by atoms with van der Waals surface area (Å²) >= 11 is 1.77. The first kappa shape index (κ1) is 32.6. The molecular weight excluding hydrogens is 687 g/mol. The molecule has 0 saturated carbocycles. The summed E-state index contributed by atoms with van der Waals surface area (Å²) < 4.78 is 1.20. The van der Waals surface area contributed by atoms with E-state index in [1.807, 2.05) is 0 Å². The predicted octanol–water partition coefficient (Wildman–Crippen LogP) is 14.9. The van der Waals surface area contributed by atoms with Gasteiger partial charge in [0.1, 0.15) is 5.01 Å². The minimum absolute atomic E-state index is 1.00. The van der Waals surface area contributed by atoms with Crippen LogP contribution in [-0.4, -0.2) is 4.98 Å². The molecular formula is C51H35N3S. The van der Waals surface area contributed by atoms with Crippen molar-refractivity contribution < 1.29 is 0 Å². The largest absolute Gasteiger partial charge is 0.310 e. The van der Waals surface area contributed by atoms with E-state index in [-0.39, 0.29) is 0 Å². The van der Waals surface area contributed by atoms with Gasteiger partial charge in [-0.05, 0) is 94.7 Å². The van der Waals surface area contributed by atoms with Crippen molar-refractivity contribution in [2.45, 2.75) is 0 Å². The molecule has 10 rings (SSSR count). The molecule has 260 valence electrons. The Kier molecular flexibility index (Phi) is 8.36. The van der Waals surface area contributed by atoms with E-state index in [0.717, 1.165) is 55.6 Å². The molecule has 1 aromatic heterocycles. The minimum atomic E-state index is 1.00. The van der Waals surface area contributed by atoms with Gasteiger partial charge in [0.25, 0.3) is 0 Å². The van der Waals surface area contributed by atoms with Crippen LogP contribution in [0.3, 0.4) is 0 Å². The van der Waals surface area contributed by atoms with E-state index in [4.69, 9.17) is 4.98 Å². The van der Waals surface area contributed by atoms with Gasteiger partial charge in [0.2, 0.25) is 0 Å². The van der Waals surface area contributed by atoms with Gasteiger partial charge in [0, 0.05) is 50.5 Å². The fraction of sp³-hybridized carbons (Fsp3) is 0. The van der Waals surface area contributed by atoms with Gasteiger partial charge in [0.05, 0.1) is 10.2 Å². The van der Waals surface area contributed by atoms with Crippen LogP contribution >= 0.6 is 11.3 Å². The molecule has 0 saturated heterocycles. The van der Waals surface area contributed by atoms with E-state index < -0.39 is 0 Å². The number of aromatic nitrogens is 1. The van der Waals surface area contributed by atoms with Crippen LogP contribution in [0.1, 0.15) is 0 Å². The lowest BCUT2D eigenvalue weighted by Crippen LogP contribution is -2.09. The normalized spacial score (nSPS) is 11.3. The van der Waals surface area contributed by atoms with Gasteiger partial charge in [-0.1, -0.05) is 140 Å². The molecule has 0 radical (unpaired) electrons.